The lowest BCUT2D eigenvalue weighted by molar-refractivity contribution is 0.0754. The molecule has 1 fully saturated rings. The molecule has 0 saturated carbocycles. The fourth-order valence-electron chi connectivity index (χ4n) is 2.59. The lowest BCUT2D eigenvalue weighted by Gasteiger charge is -2.22. The molecule has 0 aliphatic carbocycles. The van der Waals surface area contributed by atoms with Crippen LogP contribution in [0.25, 0.3) is 0 Å². The Morgan fingerprint density at radius 3 is 2.39 bits per heavy atom. The van der Waals surface area contributed by atoms with Gasteiger partial charge in [-0.25, -0.2) is 4.79 Å². The number of halogens is 1. The van der Waals surface area contributed by atoms with Crippen molar-refractivity contribution in [3.63, 3.8) is 0 Å². The zero-order valence-electron chi connectivity index (χ0n) is 13.6. The number of benzene rings is 1. The molecule has 126 valence electrons. The normalized spacial score (nSPS) is 15.1. The Bertz CT molecular complexity index is 606. The number of carbonyl (C=O) groups excluding carboxylic acids is 2. The van der Waals surface area contributed by atoms with Crippen molar-refractivity contribution >= 4 is 23.6 Å². The lowest BCUT2D eigenvalue weighted by atomic mass is 10.1. The van der Waals surface area contributed by atoms with Crippen molar-refractivity contribution in [3.8, 4) is 5.75 Å². The summed E-state index contributed by atoms with van der Waals surface area (Å²) in [6.07, 6.45) is 0.332. The average Bonchev–Trinajstić information content (AvgIpc) is 2.81. The molecule has 0 atom stereocenters. The summed E-state index contributed by atoms with van der Waals surface area (Å²) in [7, 11) is 2.89. The molecule has 2 rings (SSSR count). The number of ether oxygens (including phenoxy) is 2. The van der Waals surface area contributed by atoms with Crippen molar-refractivity contribution in [2.24, 2.45) is 0 Å². The molecule has 1 saturated heterocycles. The summed E-state index contributed by atoms with van der Waals surface area (Å²) in [6.45, 7) is 3.89. The van der Waals surface area contributed by atoms with Gasteiger partial charge in [0.05, 0.1) is 19.8 Å². The molecule has 1 aromatic carbocycles. The number of rotatable bonds is 2. The van der Waals surface area contributed by atoms with Crippen molar-refractivity contribution < 1.29 is 19.1 Å². The Morgan fingerprint density at radius 1 is 1.09 bits per heavy atom. The van der Waals surface area contributed by atoms with Crippen LogP contribution in [0.15, 0.2) is 12.1 Å². The maximum Gasteiger partial charge on any atom is 0.409 e. The van der Waals surface area contributed by atoms with E-state index in [1.54, 1.807) is 21.9 Å². The first-order valence-corrected chi connectivity index (χ1v) is 7.82. The molecule has 23 heavy (non-hydrogen) atoms. The maximum atomic E-state index is 12.8. The molecular weight excluding hydrogens is 320 g/mol. The molecular formula is C16H21ClN2O4. The molecule has 1 aliphatic rings. The molecule has 7 heteroatoms. The van der Waals surface area contributed by atoms with Crippen LogP contribution in [0.2, 0.25) is 5.02 Å². The first kappa shape index (κ1) is 17.4. The molecule has 6 nitrogen and oxygen atoms in total. The van der Waals surface area contributed by atoms with Gasteiger partial charge in [-0.05, 0) is 31.0 Å². The average molecular weight is 341 g/mol. The topological polar surface area (TPSA) is 59.1 Å². The highest BCUT2D eigenvalue weighted by molar-refractivity contribution is 6.31. The quantitative estimate of drug-likeness (QED) is 0.830. The van der Waals surface area contributed by atoms with E-state index in [2.05, 4.69) is 0 Å². The predicted octanol–water partition coefficient (Wildman–Crippen LogP) is 2.57. The Labute approximate surface area is 140 Å². The summed E-state index contributed by atoms with van der Waals surface area (Å²) < 4.78 is 10.0. The Balaban J connectivity index is 2.18. The van der Waals surface area contributed by atoms with E-state index in [1.165, 1.54) is 14.2 Å². The third-order valence-electron chi connectivity index (χ3n) is 3.93. The van der Waals surface area contributed by atoms with Crippen LogP contribution < -0.4 is 4.74 Å². The second kappa shape index (κ2) is 7.55. The lowest BCUT2D eigenvalue weighted by Crippen LogP contribution is -2.37. The van der Waals surface area contributed by atoms with Crippen LogP contribution in [-0.4, -0.2) is 62.2 Å². The molecule has 0 bridgehead atoms. The predicted molar refractivity (Wildman–Crippen MR) is 87.2 cm³/mol. The summed E-state index contributed by atoms with van der Waals surface area (Å²) >= 11 is 6.15. The van der Waals surface area contributed by atoms with Crippen LogP contribution in [0.1, 0.15) is 22.3 Å². The van der Waals surface area contributed by atoms with Crippen molar-refractivity contribution in [2.75, 3.05) is 40.4 Å². The molecule has 0 spiro atoms. The van der Waals surface area contributed by atoms with Gasteiger partial charge in [-0.15, -0.1) is 0 Å². The van der Waals surface area contributed by atoms with Crippen molar-refractivity contribution in [2.45, 2.75) is 13.3 Å². The monoisotopic (exact) mass is 340 g/mol. The van der Waals surface area contributed by atoms with E-state index in [0.29, 0.717) is 48.9 Å². The van der Waals surface area contributed by atoms with E-state index in [0.717, 1.165) is 5.56 Å². The molecule has 0 unspecified atom stereocenters. The van der Waals surface area contributed by atoms with E-state index in [-0.39, 0.29) is 12.0 Å². The Hall–Kier alpha value is -1.95. The van der Waals surface area contributed by atoms with Gasteiger partial charge in [0.2, 0.25) is 0 Å². The van der Waals surface area contributed by atoms with Gasteiger partial charge in [-0.3, -0.25) is 4.79 Å². The van der Waals surface area contributed by atoms with E-state index < -0.39 is 0 Å². The number of hydrogen-bond donors (Lipinski definition) is 0. The minimum atomic E-state index is -0.366. The van der Waals surface area contributed by atoms with Gasteiger partial charge in [0.25, 0.3) is 5.91 Å². The molecule has 1 aliphatic heterocycles. The third-order valence-corrected chi connectivity index (χ3v) is 4.33. The summed E-state index contributed by atoms with van der Waals surface area (Å²) in [5.41, 5.74) is 1.29. The van der Waals surface area contributed by atoms with Crippen LogP contribution in [0.4, 0.5) is 4.79 Å². The van der Waals surface area contributed by atoms with Gasteiger partial charge in [-0.2, -0.15) is 0 Å². The largest absolute Gasteiger partial charge is 0.496 e. The summed E-state index contributed by atoms with van der Waals surface area (Å²) in [6, 6.07) is 3.40. The zero-order valence-corrected chi connectivity index (χ0v) is 14.4. The van der Waals surface area contributed by atoms with Crippen molar-refractivity contribution in [3.05, 3.63) is 28.3 Å². The van der Waals surface area contributed by atoms with Gasteiger partial charge in [-0.1, -0.05) is 11.6 Å². The van der Waals surface area contributed by atoms with E-state index in [4.69, 9.17) is 21.1 Å². The standard InChI is InChI=1S/C16H21ClN2O4/c1-11-9-14(22-2)12(10-13(11)17)15(20)18-5-4-6-19(8-7-18)16(21)23-3/h9-10H,4-8H2,1-3H3. The van der Waals surface area contributed by atoms with Gasteiger partial charge < -0.3 is 19.3 Å². The second-order valence-electron chi connectivity index (χ2n) is 5.40. The highest BCUT2D eigenvalue weighted by Crippen LogP contribution is 2.28. The van der Waals surface area contributed by atoms with E-state index in [9.17, 15) is 9.59 Å². The first-order valence-electron chi connectivity index (χ1n) is 7.44. The van der Waals surface area contributed by atoms with Gasteiger partial charge in [0.15, 0.2) is 0 Å². The third kappa shape index (κ3) is 3.88. The minimum absolute atomic E-state index is 0.143. The number of aryl methyl sites for hydroxylation is 1. The van der Waals surface area contributed by atoms with Crippen LogP contribution in [0.5, 0.6) is 5.75 Å². The van der Waals surface area contributed by atoms with Crippen LogP contribution in [-0.2, 0) is 4.74 Å². The minimum Gasteiger partial charge on any atom is -0.496 e. The smallest absolute Gasteiger partial charge is 0.409 e. The number of amides is 2. The van der Waals surface area contributed by atoms with Crippen LogP contribution >= 0.6 is 11.6 Å². The fraction of sp³-hybridized carbons (Fsp3) is 0.500. The molecule has 2 amide bonds. The van der Waals surface area contributed by atoms with Crippen LogP contribution in [0.3, 0.4) is 0 Å². The molecule has 1 aromatic rings. The number of nitrogens with zero attached hydrogens (tertiary/aromatic N) is 2. The van der Waals surface area contributed by atoms with Gasteiger partial charge in [0.1, 0.15) is 5.75 Å². The van der Waals surface area contributed by atoms with Gasteiger partial charge in [0, 0.05) is 31.2 Å². The van der Waals surface area contributed by atoms with E-state index >= 15 is 0 Å². The number of hydrogen-bond acceptors (Lipinski definition) is 4. The first-order chi connectivity index (χ1) is 11.0. The zero-order chi connectivity index (χ0) is 17.0. The molecule has 0 N–H and O–H groups in total. The summed E-state index contributed by atoms with van der Waals surface area (Å²) in [5, 5.41) is 0.528. The second-order valence-corrected chi connectivity index (χ2v) is 5.81. The number of carbonyl (C=O) groups is 2. The van der Waals surface area contributed by atoms with E-state index in [1.807, 2.05) is 6.92 Å². The molecule has 1 heterocycles. The van der Waals surface area contributed by atoms with Crippen molar-refractivity contribution in [1.29, 1.82) is 0 Å². The maximum absolute atomic E-state index is 12.8. The SMILES string of the molecule is COC(=O)N1CCCN(C(=O)c2cc(Cl)c(C)cc2OC)CC1. The van der Waals surface area contributed by atoms with Crippen LogP contribution in [0, 0.1) is 6.92 Å². The van der Waals surface area contributed by atoms with Gasteiger partial charge >= 0.3 is 6.09 Å². The fourth-order valence-corrected chi connectivity index (χ4v) is 2.76. The summed E-state index contributed by atoms with van der Waals surface area (Å²) in [4.78, 5) is 27.7. The van der Waals surface area contributed by atoms with Crippen molar-refractivity contribution in [1.82, 2.24) is 9.80 Å². The molecule has 0 radical (unpaired) electrons. The number of methoxy groups -OCH3 is 2. The summed E-state index contributed by atoms with van der Waals surface area (Å²) in [5.74, 6) is 0.362. The highest BCUT2D eigenvalue weighted by Gasteiger charge is 2.25. The molecule has 0 aromatic heterocycles. The Kier molecular flexibility index (Phi) is 5.71. The highest BCUT2D eigenvalue weighted by atomic mass is 35.5. The Morgan fingerprint density at radius 2 is 1.74 bits per heavy atom.